The molecule has 17 heavy (non-hydrogen) atoms. The Hall–Kier alpha value is -0.830. The molecule has 1 aromatic rings. The number of benzene rings is 1. The van der Waals surface area contributed by atoms with Crippen LogP contribution in [0.25, 0.3) is 0 Å². The van der Waals surface area contributed by atoms with Crippen molar-refractivity contribution in [1.29, 1.82) is 0 Å². The Balaban J connectivity index is 2.20. The molecule has 0 spiro atoms. The van der Waals surface area contributed by atoms with E-state index in [9.17, 15) is 4.79 Å². The third-order valence-corrected chi connectivity index (χ3v) is 4.29. The molecular formula is C14H18BrNO. The van der Waals surface area contributed by atoms with Gasteiger partial charge in [-0.15, -0.1) is 0 Å². The van der Waals surface area contributed by atoms with Crippen LogP contribution in [-0.2, 0) is 0 Å². The third kappa shape index (κ3) is 2.54. The van der Waals surface area contributed by atoms with Crippen LogP contribution in [0.2, 0.25) is 0 Å². The van der Waals surface area contributed by atoms with Crippen LogP contribution in [0, 0.1) is 18.8 Å². The van der Waals surface area contributed by atoms with Crippen molar-refractivity contribution in [2.24, 2.45) is 11.8 Å². The number of hydrogen-bond donors (Lipinski definition) is 0. The van der Waals surface area contributed by atoms with Gasteiger partial charge in [0.25, 0.3) is 5.91 Å². The average Bonchev–Trinajstić information content (AvgIpc) is 2.58. The highest BCUT2D eigenvalue weighted by atomic mass is 79.9. The van der Waals surface area contributed by atoms with E-state index in [-0.39, 0.29) is 5.91 Å². The Kier molecular flexibility index (Phi) is 3.57. The second-order valence-corrected chi connectivity index (χ2v) is 6.00. The van der Waals surface area contributed by atoms with Crippen molar-refractivity contribution in [2.75, 3.05) is 13.1 Å². The Morgan fingerprint density at radius 2 is 1.88 bits per heavy atom. The highest BCUT2D eigenvalue weighted by Gasteiger charge is 2.30. The van der Waals surface area contributed by atoms with E-state index in [1.54, 1.807) is 0 Å². The van der Waals surface area contributed by atoms with Crippen molar-refractivity contribution in [1.82, 2.24) is 4.90 Å². The van der Waals surface area contributed by atoms with Gasteiger partial charge in [-0.25, -0.2) is 0 Å². The fourth-order valence-corrected chi connectivity index (χ4v) is 2.92. The zero-order valence-corrected chi connectivity index (χ0v) is 12.1. The first-order valence-electron chi connectivity index (χ1n) is 6.04. The molecule has 2 unspecified atom stereocenters. The number of nitrogens with zero attached hydrogens (tertiary/aromatic N) is 1. The molecule has 1 fully saturated rings. The van der Waals surface area contributed by atoms with Gasteiger partial charge >= 0.3 is 0 Å². The summed E-state index contributed by atoms with van der Waals surface area (Å²) in [6, 6.07) is 5.90. The molecule has 92 valence electrons. The van der Waals surface area contributed by atoms with Gasteiger partial charge in [0.2, 0.25) is 0 Å². The van der Waals surface area contributed by atoms with Crippen LogP contribution in [0.1, 0.15) is 29.8 Å². The van der Waals surface area contributed by atoms with Crippen LogP contribution in [0.3, 0.4) is 0 Å². The number of carbonyl (C=O) groups is 1. The fraction of sp³-hybridized carbons (Fsp3) is 0.500. The SMILES string of the molecule is Cc1ccc(C(=O)N2CC(C)C(C)C2)c(Br)c1. The Bertz CT molecular complexity index is 434. The maximum absolute atomic E-state index is 12.4. The standard InChI is InChI=1S/C14H18BrNO/c1-9-4-5-12(13(15)6-9)14(17)16-7-10(2)11(3)8-16/h4-6,10-11H,7-8H2,1-3H3. The van der Waals surface area contributed by atoms with Crippen molar-refractivity contribution in [2.45, 2.75) is 20.8 Å². The van der Waals surface area contributed by atoms with Crippen LogP contribution >= 0.6 is 15.9 Å². The van der Waals surface area contributed by atoms with E-state index in [1.807, 2.05) is 30.0 Å². The summed E-state index contributed by atoms with van der Waals surface area (Å²) in [6.07, 6.45) is 0. The molecule has 2 rings (SSSR count). The van der Waals surface area contributed by atoms with Gasteiger partial charge in [-0.05, 0) is 52.4 Å². The molecule has 2 nitrogen and oxygen atoms in total. The number of carbonyl (C=O) groups excluding carboxylic acids is 1. The minimum absolute atomic E-state index is 0.146. The van der Waals surface area contributed by atoms with E-state index in [0.717, 1.165) is 28.7 Å². The average molecular weight is 296 g/mol. The van der Waals surface area contributed by atoms with Gasteiger partial charge in [0, 0.05) is 17.6 Å². The van der Waals surface area contributed by atoms with E-state index in [4.69, 9.17) is 0 Å². The van der Waals surface area contributed by atoms with Gasteiger partial charge in [-0.1, -0.05) is 19.9 Å². The van der Waals surface area contributed by atoms with Gasteiger partial charge in [0.05, 0.1) is 5.56 Å². The van der Waals surface area contributed by atoms with E-state index in [0.29, 0.717) is 11.8 Å². The molecule has 1 aliphatic rings. The smallest absolute Gasteiger partial charge is 0.255 e. The maximum Gasteiger partial charge on any atom is 0.255 e. The lowest BCUT2D eigenvalue weighted by atomic mass is 10.0. The Morgan fingerprint density at radius 1 is 1.29 bits per heavy atom. The predicted octanol–water partition coefficient (Wildman–Crippen LogP) is 3.49. The number of amides is 1. The Morgan fingerprint density at radius 3 is 2.41 bits per heavy atom. The van der Waals surface area contributed by atoms with Gasteiger partial charge in [0.15, 0.2) is 0 Å². The van der Waals surface area contributed by atoms with Crippen LogP contribution in [-0.4, -0.2) is 23.9 Å². The van der Waals surface area contributed by atoms with Crippen LogP contribution in [0.4, 0.5) is 0 Å². The molecule has 1 amide bonds. The van der Waals surface area contributed by atoms with Gasteiger partial charge in [-0.3, -0.25) is 4.79 Å². The minimum Gasteiger partial charge on any atom is -0.338 e. The summed E-state index contributed by atoms with van der Waals surface area (Å²) in [5, 5.41) is 0. The number of rotatable bonds is 1. The van der Waals surface area contributed by atoms with Gasteiger partial charge in [-0.2, -0.15) is 0 Å². The molecule has 0 aromatic heterocycles. The lowest BCUT2D eigenvalue weighted by molar-refractivity contribution is 0.0784. The topological polar surface area (TPSA) is 20.3 Å². The molecule has 3 heteroatoms. The normalized spacial score (nSPS) is 24.1. The molecule has 0 aliphatic carbocycles. The monoisotopic (exact) mass is 295 g/mol. The summed E-state index contributed by atoms with van der Waals surface area (Å²) in [4.78, 5) is 14.3. The predicted molar refractivity (Wildman–Crippen MR) is 73.1 cm³/mol. The molecule has 0 N–H and O–H groups in total. The summed E-state index contributed by atoms with van der Waals surface area (Å²) in [7, 11) is 0. The molecule has 1 heterocycles. The summed E-state index contributed by atoms with van der Waals surface area (Å²) in [5.41, 5.74) is 1.94. The second-order valence-electron chi connectivity index (χ2n) is 5.15. The van der Waals surface area contributed by atoms with Crippen LogP contribution in [0.5, 0.6) is 0 Å². The lowest BCUT2D eigenvalue weighted by Gasteiger charge is -2.17. The largest absolute Gasteiger partial charge is 0.338 e. The molecule has 1 aliphatic heterocycles. The van der Waals surface area contributed by atoms with Crippen LogP contribution < -0.4 is 0 Å². The number of aryl methyl sites for hydroxylation is 1. The highest BCUT2D eigenvalue weighted by molar-refractivity contribution is 9.10. The van der Waals surface area contributed by atoms with Crippen LogP contribution in [0.15, 0.2) is 22.7 Å². The molecular weight excluding hydrogens is 278 g/mol. The van der Waals surface area contributed by atoms with Crippen molar-refractivity contribution in [3.05, 3.63) is 33.8 Å². The minimum atomic E-state index is 0.146. The Labute approximate surface area is 111 Å². The zero-order chi connectivity index (χ0) is 12.6. The van der Waals surface area contributed by atoms with Gasteiger partial charge < -0.3 is 4.90 Å². The first-order chi connectivity index (χ1) is 7.99. The summed E-state index contributed by atoms with van der Waals surface area (Å²) >= 11 is 3.48. The summed E-state index contributed by atoms with van der Waals surface area (Å²) in [5.74, 6) is 1.35. The van der Waals surface area contributed by atoms with E-state index >= 15 is 0 Å². The van der Waals surface area contributed by atoms with E-state index in [1.165, 1.54) is 0 Å². The lowest BCUT2D eigenvalue weighted by Crippen LogP contribution is -2.29. The van der Waals surface area contributed by atoms with Crippen molar-refractivity contribution < 1.29 is 4.79 Å². The number of likely N-dealkylation sites (tertiary alicyclic amines) is 1. The number of halogens is 1. The first-order valence-corrected chi connectivity index (χ1v) is 6.83. The maximum atomic E-state index is 12.4. The molecule has 2 atom stereocenters. The summed E-state index contributed by atoms with van der Waals surface area (Å²) in [6.45, 7) is 8.20. The quantitative estimate of drug-likeness (QED) is 0.777. The molecule has 1 aromatic carbocycles. The van der Waals surface area contributed by atoms with E-state index < -0.39 is 0 Å². The van der Waals surface area contributed by atoms with Crippen molar-refractivity contribution in [3.63, 3.8) is 0 Å². The highest BCUT2D eigenvalue weighted by Crippen LogP contribution is 2.26. The van der Waals surface area contributed by atoms with Crippen molar-refractivity contribution in [3.8, 4) is 0 Å². The molecule has 0 bridgehead atoms. The fourth-order valence-electron chi connectivity index (χ4n) is 2.26. The van der Waals surface area contributed by atoms with Crippen molar-refractivity contribution >= 4 is 21.8 Å². The summed E-state index contributed by atoms with van der Waals surface area (Å²) < 4.78 is 0.898. The first kappa shape index (κ1) is 12.6. The molecule has 0 radical (unpaired) electrons. The van der Waals surface area contributed by atoms with Gasteiger partial charge in [0.1, 0.15) is 0 Å². The third-order valence-electron chi connectivity index (χ3n) is 3.63. The second kappa shape index (κ2) is 4.81. The number of hydrogen-bond acceptors (Lipinski definition) is 1. The zero-order valence-electron chi connectivity index (χ0n) is 10.5. The van der Waals surface area contributed by atoms with E-state index in [2.05, 4.69) is 29.8 Å². The molecule has 0 saturated carbocycles. The molecule has 1 saturated heterocycles.